The molecule has 0 spiro atoms. The second-order valence-corrected chi connectivity index (χ2v) is 10.8. The highest BCUT2D eigenvalue weighted by Crippen LogP contribution is 2.42. The molecule has 2 heterocycles. The molecular formula is C27H33ClF3N3O. The lowest BCUT2D eigenvalue weighted by atomic mass is 9.87. The number of likely N-dealkylation sites (tertiary alicyclic amines) is 1. The summed E-state index contributed by atoms with van der Waals surface area (Å²) in [5, 5.41) is 0.761. The Morgan fingerprint density at radius 1 is 1.17 bits per heavy atom. The van der Waals surface area contributed by atoms with E-state index in [0.717, 1.165) is 37.8 Å². The predicted octanol–water partition coefficient (Wildman–Crippen LogP) is 6.74. The van der Waals surface area contributed by atoms with Crippen LogP contribution in [0.3, 0.4) is 0 Å². The maximum Gasteiger partial charge on any atom is 0.412 e. The second-order valence-electron chi connectivity index (χ2n) is 10.4. The number of fused-ring (bicyclic) bond motifs is 1. The molecule has 4 nitrogen and oxygen atoms in total. The van der Waals surface area contributed by atoms with Crippen molar-refractivity contribution >= 4 is 22.5 Å². The molecule has 2 aromatic rings. The van der Waals surface area contributed by atoms with E-state index in [0.29, 0.717) is 40.0 Å². The molecule has 1 unspecified atom stereocenters. The molecule has 190 valence electrons. The third-order valence-electron chi connectivity index (χ3n) is 7.21. The largest absolute Gasteiger partial charge is 0.412 e. The zero-order chi connectivity index (χ0) is 25.5. The van der Waals surface area contributed by atoms with Crippen molar-refractivity contribution in [1.82, 2.24) is 14.5 Å². The minimum Gasteiger partial charge on any atom is -0.301 e. The minimum atomic E-state index is -4.41. The topological polar surface area (TPSA) is 38.1 Å². The highest BCUT2D eigenvalue weighted by molar-refractivity contribution is 6.30. The molecular weight excluding hydrogens is 475 g/mol. The first-order chi connectivity index (χ1) is 16.5. The van der Waals surface area contributed by atoms with Crippen LogP contribution in [0.25, 0.3) is 10.9 Å². The van der Waals surface area contributed by atoms with Crippen molar-refractivity contribution in [2.45, 2.75) is 77.6 Å². The van der Waals surface area contributed by atoms with E-state index < -0.39 is 17.7 Å². The summed E-state index contributed by atoms with van der Waals surface area (Å²) in [6, 6.07) is 5.62. The average molecular weight is 508 g/mol. The molecule has 0 radical (unpaired) electrons. The molecule has 0 amide bonds. The number of allylic oxidation sites excluding steroid dienone is 4. The van der Waals surface area contributed by atoms with Crippen LogP contribution in [0.1, 0.15) is 70.2 Å². The fourth-order valence-electron chi connectivity index (χ4n) is 5.23. The summed E-state index contributed by atoms with van der Waals surface area (Å²) in [6.07, 6.45) is -0.156. The number of nitrogens with zero attached hydrogens (tertiary/aromatic N) is 3. The third-order valence-corrected chi connectivity index (χ3v) is 7.60. The Labute approximate surface area is 209 Å². The van der Waals surface area contributed by atoms with Gasteiger partial charge in [-0.2, -0.15) is 13.2 Å². The van der Waals surface area contributed by atoms with Crippen molar-refractivity contribution in [3.05, 3.63) is 62.7 Å². The van der Waals surface area contributed by atoms with E-state index >= 15 is 0 Å². The van der Waals surface area contributed by atoms with Crippen LogP contribution in [0.15, 0.2) is 45.8 Å². The van der Waals surface area contributed by atoms with Crippen molar-refractivity contribution < 1.29 is 13.2 Å². The maximum absolute atomic E-state index is 13.8. The summed E-state index contributed by atoms with van der Waals surface area (Å²) < 4.78 is 41.8. The molecule has 0 saturated carbocycles. The monoisotopic (exact) mass is 507 g/mol. The fourth-order valence-corrected chi connectivity index (χ4v) is 5.50. The van der Waals surface area contributed by atoms with Crippen LogP contribution in [0.4, 0.5) is 13.2 Å². The number of aromatic nitrogens is 2. The van der Waals surface area contributed by atoms with E-state index in [4.69, 9.17) is 16.6 Å². The molecule has 2 atom stereocenters. The van der Waals surface area contributed by atoms with E-state index in [1.165, 1.54) is 6.08 Å². The smallest absolute Gasteiger partial charge is 0.301 e. The summed E-state index contributed by atoms with van der Waals surface area (Å²) in [4.78, 5) is 21.0. The van der Waals surface area contributed by atoms with Crippen molar-refractivity contribution in [3.63, 3.8) is 0 Å². The number of hydrogen-bond donors (Lipinski definition) is 0. The van der Waals surface area contributed by atoms with Crippen LogP contribution < -0.4 is 5.56 Å². The lowest BCUT2D eigenvalue weighted by molar-refractivity contribution is -0.0944. The number of benzene rings is 1. The minimum absolute atomic E-state index is 0.0618. The van der Waals surface area contributed by atoms with Crippen LogP contribution in [0.2, 0.25) is 0 Å². The molecule has 1 fully saturated rings. The van der Waals surface area contributed by atoms with E-state index in [-0.39, 0.29) is 17.9 Å². The molecule has 1 aliphatic heterocycles. The summed E-state index contributed by atoms with van der Waals surface area (Å²) in [7, 11) is 0. The van der Waals surface area contributed by atoms with Gasteiger partial charge in [0.25, 0.3) is 5.56 Å². The highest BCUT2D eigenvalue weighted by Gasteiger charge is 2.37. The highest BCUT2D eigenvalue weighted by atomic mass is 35.5. The lowest BCUT2D eigenvalue weighted by Gasteiger charge is -2.36. The molecule has 2 aliphatic rings. The predicted molar refractivity (Wildman–Crippen MR) is 135 cm³/mol. The molecule has 1 aromatic carbocycles. The fraction of sp³-hybridized carbons (Fsp3) is 0.556. The second kappa shape index (κ2) is 10.1. The summed E-state index contributed by atoms with van der Waals surface area (Å²) in [5.74, 6) is 0.513. The Balaban J connectivity index is 1.72. The Hall–Kier alpha value is -2.12. The SMILES string of the molecule is CC(C)c1nc2ccc(C3CC(C(F)(F)F)=CC=C3Cl)cc2c(=O)n1C[C@H]1CCCN(C(C)C)C1. The first kappa shape index (κ1) is 26.0. The van der Waals surface area contributed by atoms with Crippen LogP contribution in [-0.4, -0.2) is 39.8 Å². The molecule has 8 heteroatoms. The van der Waals surface area contributed by atoms with Gasteiger partial charge in [-0.05, 0) is 69.3 Å². The van der Waals surface area contributed by atoms with Crippen molar-refractivity contribution in [3.8, 4) is 0 Å². The van der Waals surface area contributed by atoms with Gasteiger partial charge >= 0.3 is 6.18 Å². The van der Waals surface area contributed by atoms with Gasteiger partial charge in [0, 0.05) is 41.6 Å². The first-order valence-corrected chi connectivity index (χ1v) is 12.8. The van der Waals surface area contributed by atoms with Gasteiger partial charge in [0.1, 0.15) is 5.82 Å². The number of piperidine rings is 1. The van der Waals surface area contributed by atoms with Gasteiger partial charge in [-0.15, -0.1) is 0 Å². The molecule has 4 rings (SSSR count). The van der Waals surface area contributed by atoms with E-state index in [9.17, 15) is 18.0 Å². The Bertz CT molecular complexity index is 1210. The quantitative estimate of drug-likeness (QED) is 0.450. The maximum atomic E-state index is 13.8. The van der Waals surface area contributed by atoms with Gasteiger partial charge < -0.3 is 4.90 Å². The van der Waals surface area contributed by atoms with Crippen LogP contribution in [-0.2, 0) is 6.54 Å². The number of alkyl halides is 3. The molecule has 0 N–H and O–H groups in total. The van der Waals surface area contributed by atoms with Gasteiger partial charge in [-0.1, -0.05) is 37.6 Å². The number of rotatable bonds is 5. The van der Waals surface area contributed by atoms with Crippen molar-refractivity contribution in [2.24, 2.45) is 5.92 Å². The third kappa shape index (κ3) is 5.51. The summed E-state index contributed by atoms with van der Waals surface area (Å²) in [6.45, 7) is 11.0. The van der Waals surface area contributed by atoms with Crippen molar-refractivity contribution in [1.29, 1.82) is 0 Å². The zero-order valence-electron chi connectivity index (χ0n) is 20.7. The van der Waals surface area contributed by atoms with Gasteiger partial charge in [-0.3, -0.25) is 9.36 Å². The van der Waals surface area contributed by atoms with Gasteiger partial charge in [0.2, 0.25) is 0 Å². The Morgan fingerprint density at radius 3 is 2.57 bits per heavy atom. The van der Waals surface area contributed by atoms with E-state index in [2.05, 4.69) is 18.7 Å². The number of halogens is 4. The first-order valence-electron chi connectivity index (χ1n) is 12.4. The number of hydrogen-bond acceptors (Lipinski definition) is 3. The van der Waals surface area contributed by atoms with E-state index in [1.807, 2.05) is 13.8 Å². The van der Waals surface area contributed by atoms with Gasteiger partial charge in [0.05, 0.1) is 10.9 Å². The molecule has 0 bridgehead atoms. The van der Waals surface area contributed by atoms with Crippen LogP contribution in [0.5, 0.6) is 0 Å². The summed E-state index contributed by atoms with van der Waals surface area (Å²) >= 11 is 6.34. The van der Waals surface area contributed by atoms with Crippen LogP contribution >= 0.6 is 11.6 Å². The summed E-state index contributed by atoms with van der Waals surface area (Å²) in [5.41, 5.74) is 0.406. The van der Waals surface area contributed by atoms with Crippen LogP contribution in [0, 0.1) is 5.92 Å². The Kier molecular flexibility index (Phi) is 7.49. The molecule has 1 saturated heterocycles. The lowest BCUT2D eigenvalue weighted by Crippen LogP contribution is -2.42. The molecule has 1 aromatic heterocycles. The molecule has 35 heavy (non-hydrogen) atoms. The average Bonchev–Trinajstić information content (AvgIpc) is 2.80. The molecule has 1 aliphatic carbocycles. The van der Waals surface area contributed by atoms with Gasteiger partial charge in [-0.25, -0.2) is 4.98 Å². The standard InChI is InChI=1S/C27H33ClF3N3O/c1-16(2)25-32-24-10-7-19(21-13-20(27(29,30)31)8-9-23(21)28)12-22(24)26(35)34(25)15-18-6-5-11-33(14-18)17(3)4/h7-10,12,16-18,21H,5-6,11,13-15H2,1-4H3/t18-,21?/m0/s1. The van der Waals surface area contributed by atoms with Crippen molar-refractivity contribution in [2.75, 3.05) is 13.1 Å². The normalized spacial score (nSPS) is 22.1. The Morgan fingerprint density at radius 2 is 1.91 bits per heavy atom. The van der Waals surface area contributed by atoms with E-state index in [1.54, 1.807) is 22.8 Å². The van der Waals surface area contributed by atoms with Gasteiger partial charge in [0.15, 0.2) is 0 Å². The zero-order valence-corrected chi connectivity index (χ0v) is 21.5.